The molecule has 1 aromatic rings. The van der Waals surface area contributed by atoms with E-state index in [-0.39, 0.29) is 18.7 Å². The fraction of sp³-hybridized carbons (Fsp3) is 0.467. The van der Waals surface area contributed by atoms with Crippen LogP contribution in [0.1, 0.15) is 44.1 Å². The molecule has 0 radical (unpaired) electrons. The molecule has 1 aromatic carbocycles. The van der Waals surface area contributed by atoms with Crippen LogP contribution in [0.2, 0.25) is 0 Å². The summed E-state index contributed by atoms with van der Waals surface area (Å²) in [6.45, 7) is 2.49. The van der Waals surface area contributed by atoms with Gasteiger partial charge in [0.25, 0.3) is 0 Å². The van der Waals surface area contributed by atoms with E-state index in [0.717, 1.165) is 5.69 Å². The first-order chi connectivity index (χ1) is 9.13. The molecule has 2 rings (SSSR count). The number of para-hydroxylation sites is 1. The van der Waals surface area contributed by atoms with Crippen LogP contribution >= 0.6 is 0 Å². The van der Waals surface area contributed by atoms with Gasteiger partial charge in [-0.2, -0.15) is 0 Å². The number of carboxylic acids is 1. The predicted molar refractivity (Wildman–Crippen MR) is 73.3 cm³/mol. The second-order valence-electron chi connectivity index (χ2n) is 4.86. The Labute approximate surface area is 113 Å². The Morgan fingerprint density at radius 1 is 1.26 bits per heavy atom. The Morgan fingerprint density at radius 3 is 2.53 bits per heavy atom. The third-order valence-corrected chi connectivity index (χ3v) is 3.41. The van der Waals surface area contributed by atoms with Crippen LogP contribution in [0.4, 0.5) is 5.69 Å². The van der Waals surface area contributed by atoms with Crippen molar-refractivity contribution in [2.45, 2.75) is 38.5 Å². The molecular formula is C15H19NO3. The van der Waals surface area contributed by atoms with Crippen LogP contribution in [0.3, 0.4) is 0 Å². The summed E-state index contributed by atoms with van der Waals surface area (Å²) in [6.07, 6.45) is 2.30. The van der Waals surface area contributed by atoms with Crippen molar-refractivity contribution in [3.63, 3.8) is 0 Å². The normalized spacial score (nSPS) is 14.2. The van der Waals surface area contributed by atoms with Crippen LogP contribution in [0.25, 0.3) is 0 Å². The highest BCUT2D eigenvalue weighted by molar-refractivity contribution is 5.95. The average Bonchev–Trinajstić information content (AvgIpc) is 3.22. The van der Waals surface area contributed by atoms with Crippen molar-refractivity contribution in [3.05, 3.63) is 29.8 Å². The SMILES string of the molecule is CCN(C(=O)CCC(=O)O)c1ccccc1C1CC1. The molecule has 0 aromatic heterocycles. The molecular weight excluding hydrogens is 242 g/mol. The summed E-state index contributed by atoms with van der Waals surface area (Å²) in [4.78, 5) is 24.4. The first-order valence-corrected chi connectivity index (χ1v) is 6.74. The Hall–Kier alpha value is -1.84. The summed E-state index contributed by atoms with van der Waals surface area (Å²) in [5, 5.41) is 8.67. The van der Waals surface area contributed by atoms with Gasteiger partial charge in [0.2, 0.25) is 5.91 Å². The topological polar surface area (TPSA) is 57.6 Å². The summed E-state index contributed by atoms with van der Waals surface area (Å²) >= 11 is 0. The number of nitrogens with zero attached hydrogens (tertiary/aromatic N) is 1. The van der Waals surface area contributed by atoms with Gasteiger partial charge in [0.05, 0.1) is 6.42 Å². The minimum Gasteiger partial charge on any atom is -0.481 e. The van der Waals surface area contributed by atoms with Crippen LogP contribution in [-0.4, -0.2) is 23.5 Å². The lowest BCUT2D eigenvalue weighted by Crippen LogP contribution is -2.31. The maximum Gasteiger partial charge on any atom is 0.303 e. The van der Waals surface area contributed by atoms with Crippen LogP contribution in [0.5, 0.6) is 0 Å². The van der Waals surface area contributed by atoms with Crippen LogP contribution in [0.15, 0.2) is 24.3 Å². The van der Waals surface area contributed by atoms with Gasteiger partial charge >= 0.3 is 5.97 Å². The van der Waals surface area contributed by atoms with Gasteiger partial charge in [0.1, 0.15) is 0 Å². The van der Waals surface area contributed by atoms with E-state index in [0.29, 0.717) is 12.5 Å². The number of aliphatic carboxylic acids is 1. The summed E-state index contributed by atoms with van der Waals surface area (Å²) in [5.41, 5.74) is 2.16. The zero-order valence-corrected chi connectivity index (χ0v) is 11.1. The summed E-state index contributed by atoms with van der Waals surface area (Å²) < 4.78 is 0. The lowest BCUT2D eigenvalue weighted by molar-refractivity contribution is -0.138. The van der Waals surface area contributed by atoms with E-state index in [4.69, 9.17) is 5.11 Å². The van der Waals surface area contributed by atoms with Gasteiger partial charge in [-0.25, -0.2) is 0 Å². The summed E-state index contributed by atoms with van der Waals surface area (Å²) in [7, 11) is 0. The molecule has 0 bridgehead atoms. The lowest BCUT2D eigenvalue weighted by Gasteiger charge is -2.23. The molecule has 0 heterocycles. The standard InChI is InChI=1S/C15H19NO3/c1-2-16(14(17)9-10-15(18)19)13-6-4-3-5-12(13)11-7-8-11/h3-6,11H,2,7-10H2,1H3,(H,18,19). The zero-order chi connectivity index (χ0) is 13.8. The average molecular weight is 261 g/mol. The molecule has 0 saturated heterocycles. The van der Waals surface area contributed by atoms with Crippen molar-refractivity contribution in [1.82, 2.24) is 0 Å². The van der Waals surface area contributed by atoms with Gasteiger partial charge in [-0.05, 0) is 37.3 Å². The number of carboxylic acid groups (broad SMARTS) is 1. The molecule has 0 spiro atoms. The lowest BCUT2D eigenvalue weighted by atomic mass is 10.1. The largest absolute Gasteiger partial charge is 0.481 e. The van der Waals surface area contributed by atoms with Gasteiger partial charge in [0.15, 0.2) is 0 Å². The van der Waals surface area contributed by atoms with Crippen LogP contribution < -0.4 is 4.90 Å². The molecule has 4 heteroatoms. The number of carbonyl (C=O) groups is 2. The third-order valence-electron chi connectivity index (χ3n) is 3.41. The minimum atomic E-state index is -0.931. The van der Waals surface area contributed by atoms with E-state index in [1.165, 1.54) is 18.4 Å². The highest BCUT2D eigenvalue weighted by Gasteiger charge is 2.28. The molecule has 4 nitrogen and oxygen atoms in total. The summed E-state index contributed by atoms with van der Waals surface area (Å²) in [5.74, 6) is -0.476. The van der Waals surface area contributed by atoms with Crippen molar-refractivity contribution >= 4 is 17.6 Å². The fourth-order valence-corrected chi connectivity index (χ4v) is 2.30. The summed E-state index contributed by atoms with van der Waals surface area (Å²) in [6, 6.07) is 7.94. The van der Waals surface area contributed by atoms with Gasteiger partial charge < -0.3 is 10.0 Å². The van der Waals surface area contributed by atoms with E-state index in [1.807, 2.05) is 25.1 Å². The third kappa shape index (κ3) is 3.34. The van der Waals surface area contributed by atoms with E-state index in [2.05, 4.69) is 6.07 Å². The predicted octanol–water partition coefficient (Wildman–Crippen LogP) is 2.78. The van der Waals surface area contributed by atoms with E-state index in [9.17, 15) is 9.59 Å². The highest BCUT2D eigenvalue weighted by Crippen LogP contribution is 2.44. The minimum absolute atomic E-state index is 0.0577. The van der Waals surface area contributed by atoms with E-state index < -0.39 is 5.97 Å². The number of rotatable bonds is 6. The smallest absolute Gasteiger partial charge is 0.303 e. The number of anilines is 1. The maximum absolute atomic E-state index is 12.1. The Kier molecular flexibility index (Phi) is 4.20. The first-order valence-electron chi connectivity index (χ1n) is 6.74. The monoisotopic (exact) mass is 261 g/mol. The van der Waals surface area contributed by atoms with Gasteiger partial charge in [-0.1, -0.05) is 18.2 Å². The second-order valence-corrected chi connectivity index (χ2v) is 4.86. The first kappa shape index (κ1) is 13.6. The van der Waals surface area contributed by atoms with Gasteiger partial charge in [-0.15, -0.1) is 0 Å². The van der Waals surface area contributed by atoms with Gasteiger partial charge in [-0.3, -0.25) is 9.59 Å². The Morgan fingerprint density at radius 2 is 1.95 bits per heavy atom. The zero-order valence-electron chi connectivity index (χ0n) is 11.1. The van der Waals surface area contributed by atoms with Crippen LogP contribution in [-0.2, 0) is 9.59 Å². The number of hydrogen-bond donors (Lipinski definition) is 1. The van der Waals surface area contributed by atoms with Crippen molar-refractivity contribution in [3.8, 4) is 0 Å². The fourth-order valence-electron chi connectivity index (χ4n) is 2.30. The molecule has 0 atom stereocenters. The maximum atomic E-state index is 12.1. The number of benzene rings is 1. The van der Waals surface area contributed by atoms with E-state index in [1.54, 1.807) is 4.90 Å². The second kappa shape index (κ2) is 5.87. The van der Waals surface area contributed by atoms with Crippen molar-refractivity contribution in [2.24, 2.45) is 0 Å². The molecule has 102 valence electrons. The molecule has 1 saturated carbocycles. The highest BCUT2D eigenvalue weighted by atomic mass is 16.4. The molecule has 1 amide bonds. The van der Waals surface area contributed by atoms with Crippen molar-refractivity contribution < 1.29 is 14.7 Å². The van der Waals surface area contributed by atoms with Crippen molar-refractivity contribution in [2.75, 3.05) is 11.4 Å². The van der Waals surface area contributed by atoms with Crippen LogP contribution in [0, 0.1) is 0 Å². The quantitative estimate of drug-likeness (QED) is 0.856. The molecule has 1 aliphatic rings. The number of amides is 1. The molecule has 0 aliphatic heterocycles. The molecule has 1 N–H and O–H groups in total. The molecule has 0 unspecified atom stereocenters. The number of carbonyl (C=O) groups excluding carboxylic acids is 1. The molecule has 1 fully saturated rings. The van der Waals surface area contributed by atoms with Gasteiger partial charge in [0, 0.05) is 18.7 Å². The molecule has 1 aliphatic carbocycles. The Balaban J connectivity index is 2.16. The molecule has 19 heavy (non-hydrogen) atoms. The van der Waals surface area contributed by atoms with E-state index >= 15 is 0 Å². The Bertz CT molecular complexity index is 480. The van der Waals surface area contributed by atoms with Crippen molar-refractivity contribution in [1.29, 1.82) is 0 Å². The number of hydrogen-bond acceptors (Lipinski definition) is 2.